The molecule has 2 saturated carbocycles. The number of hydrogen-bond acceptors (Lipinski definition) is 3. The van der Waals surface area contributed by atoms with E-state index in [1.165, 1.54) is 0 Å². The number of carbonyl (C=O) groups is 3. The van der Waals surface area contributed by atoms with E-state index in [-0.39, 0.29) is 29.2 Å². The van der Waals surface area contributed by atoms with Crippen molar-refractivity contribution in [1.82, 2.24) is 0 Å². The molecule has 0 unspecified atom stereocenters. The van der Waals surface area contributed by atoms with Gasteiger partial charge in [0, 0.05) is 24.3 Å². The van der Waals surface area contributed by atoms with Gasteiger partial charge in [0.05, 0.1) is 5.41 Å². The van der Waals surface area contributed by atoms with Gasteiger partial charge in [-0.1, -0.05) is 30.3 Å². The summed E-state index contributed by atoms with van der Waals surface area (Å²) in [5, 5.41) is 0. The van der Waals surface area contributed by atoms with Crippen LogP contribution in [0.4, 0.5) is 0 Å². The van der Waals surface area contributed by atoms with Gasteiger partial charge in [-0.15, -0.1) is 0 Å². The second-order valence-electron chi connectivity index (χ2n) is 6.56. The molecule has 1 aromatic carbocycles. The van der Waals surface area contributed by atoms with Gasteiger partial charge in [-0.3, -0.25) is 14.4 Å². The van der Waals surface area contributed by atoms with Crippen LogP contribution in [-0.2, 0) is 9.59 Å². The SMILES string of the molecule is C[C@]12CC[C@H](CC(=O)c3ccccc3)[C@H](CCC1=O)C2=O. The zero-order chi connectivity index (χ0) is 15.0. The first-order valence-electron chi connectivity index (χ1n) is 7.68. The van der Waals surface area contributed by atoms with Crippen LogP contribution in [0.2, 0.25) is 0 Å². The molecule has 0 N–H and O–H groups in total. The number of Topliss-reactive ketones (excluding diaryl/α,β-unsaturated/α-hetero) is 3. The van der Waals surface area contributed by atoms with E-state index >= 15 is 0 Å². The molecule has 2 bridgehead atoms. The smallest absolute Gasteiger partial charge is 0.163 e. The van der Waals surface area contributed by atoms with E-state index in [2.05, 4.69) is 0 Å². The maximum Gasteiger partial charge on any atom is 0.163 e. The number of rotatable bonds is 3. The summed E-state index contributed by atoms with van der Waals surface area (Å²) in [5.41, 5.74) is -0.0555. The molecule has 3 heteroatoms. The van der Waals surface area contributed by atoms with Crippen LogP contribution < -0.4 is 0 Å². The van der Waals surface area contributed by atoms with Crippen LogP contribution in [0.1, 0.15) is 49.4 Å². The van der Waals surface area contributed by atoms with Crippen LogP contribution in [0.5, 0.6) is 0 Å². The van der Waals surface area contributed by atoms with Crippen LogP contribution in [0, 0.1) is 17.3 Å². The van der Waals surface area contributed by atoms with Crippen LogP contribution in [0.25, 0.3) is 0 Å². The molecule has 2 fully saturated rings. The summed E-state index contributed by atoms with van der Waals surface area (Å²) in [6.07, 6.45) is 2.94. The minimum absolute atomic E-state index is 0.0795. The molecule has 0 heterocycles. The van der Waals surface area contributed by atoms with Gasteiger partial charge in [0.15, 0.2) is 5.78 Å². The third kappa shape index (κ3) is 2.35. The van der Waals surface area contributed by atoms with Crippen molar-refractivity contribution < 1.29 is 14.4 Å². The molecule has 3 atom stereocenters. The minimum atomic E-state index is -0.769. The fraction of sp³-hybridized carbons (Fsp3) is 0.500. The Balaban J connectivity index is 1.75. The van der Waals surface area contributed by atoms with Gasteiger partial charge < -0.3 is 0 Å². The van der Waals surface area contributed by atoms with Gasteiger partial charge in [0.2, 0.25) is 0 Å². The van der Waals surface area contributed by atoms with Crippen LogP contribution in [-0.4, -0.2) is 17.3 Å². The molecule has 2 aliphatic rings. The first-order valence-corrected chi connectivity index (χ1v) is 7.68. The van der Waals surface area contributed by atoms with E-state index in [1.54, 1.807) is 6.92 Å². The number of ketones is 3. The van der Waals surface area contributed by atoms with Crippen LogP contribution >= 0.6 is 0 Å². The quantitative estimate of drug-likeness (QED) is 0.632. The van der Waals surface area contributed by atoms with Crippen molar-refractivity contribution in [2.24, 2.45) is 17.3 Å². The molecule has 0 saturated heterocycles. The minimum Gasteiger partial charge on any atom is -0.299 e. The molecule has 0 aromatic heterocycles. The first-order chi connectivity index (χ1) is 10.0. The van der Waals surface area contributed by atoms with Crippen molar-refractivity contribution in [1.29, 1.82) is 0 Å². The lowest BCUT2D eigenvalue weighted by molar-refractivity contribution is -0.152. The first kappa shape index (κ1) is 14.2. The normalized spacial score (nSPS) is 32.0. The Morgan fingerprint density at radius 1 is 1.19 bits per heavy atom. The summed E-state index contributed by atoms with van der Waals surface area (Å²) < 4.78 is 0. The zero-order valence-corrected chi connectivity index (χ0v) is 12.3. The maximum atomic E-state index is 12.5. The Morgan fingerprint density at radius 3 is 2.62 bits per heavy atom. The molecule has 3 nitrogen and oxygen atoms in total. The van der Waals surface area contributed by atoms with Crippen LogP contribution in [0.15, 0.2) is 30.3 Å². The molecule has 1 aromatic rings. The Labute approximate surface area is 124 Å². The van der Waals surface area contributed by atoms with Crippen molar-refractivity contribution in [2.75, 3.05) is 0 Å². The molecule has 0 aliphatic heterocycles. The fourth-order valence-corrected chi connectivity index (χ4v) is 3.85. The number of fused-ring (bicyclic) bond motifs is 2. The predicted octanol–water partition coefficient (Wildman–Crippen LogP) is 3.22. The second kappa shape index (κ2) is 5.21. The van der Waals surface area contributed by atoms with Crippen molar-refractivity contribution >= 4 is 17.3 Å². The lowest BCUT2D eigenvalue weighted by atomic mass is 9.57. The van der Waals surface area contributed by atoms with Crippen molar-refractivity contribution in [3.8, 4) is 0 Å². The summed E-state index contributed by atoms with van der Waals surface area (Å²) in [7, 11) is 0. The monoisotopic (exact) mass is 284 g/mol. The van der Waals surface area contributed by atoms with Crippen LogP contribution in [0.3, 0.4) is 0 Å². The highest BCUT2D eigenvalue weighted by molar-refractivity contribution is 6.10. The predicted molar refractivity (Wildman–Crippen MR) is 79.0 cm³/mol. The van der Waals surface area contributed by atoms with Gasteiger partial charge in [-0.2, -0.15) is 0 Å². The molecule has 2 aliphatic carbocycles. The summed E-state index contributed by atoms with van der Waals surface area (Å²) in [5.74, 6) is 0.279. The summed E-state index contributed by atoms with van der Waals surface area (Å²) >= 11 is 0. The molecular weight excluding hydrogens is 264 g/mol. The topological polar surface area (TPSA) is 51.2 Å². The van der Waals surface area contributed by atoms with Crippen molar-refractivity contribution in [2.45, 2.75) is 39.0 Å². The van der Waals surface area contributed by atoms with Gasteiger partial charge in [-0.25, -0.2) is 0 Å². The van der Waals surface area contributed by atoms with E-state index in [0.717, 1.165) is 6.42 Å². The third-order valence-electron chi connectivity index (χ3n) is 5.31. The van der Waals surface area contributed by atoms with Crippen molar-refractivity contribution in [3.05, 3.63) is 35.9 Å². The summed E-state index contributed by atoms with van der Waals surface area (Å²) in [6, 6.07) is 9.24. The highest BCUT2D eigenvalue weighted by Crippen LogP contribution is 2.47. The van der Waals surface area contributed by atoms with E-state index in [1.807, 2.05) is 30.3 Å². The Bertz CT molecular complexity index is 590. The maximum absolute atomic E-state index is 12.5. The van der Waals surface area contributed by atoms with Gasteiger partial charge >= 0.3 is 0 Å². The summed E-state index contributed by atoms with van der Waals surface area (Å²) in [4.78, 5) is 36.9. The highest BCUT2D eigenvalue weighted by Gasteiger charge is 2.52. The van der Waals surface area contributed by atoms with Gasteiger partial charge in [0.25, 0.3) is 0 Å². The number of benzene rings is 1. The molecule has 110 valence electrons. The van der Waals surface area contributed by atoms with Gasteiger partial charge in [0.1, 0.15) is 11.6 Å². The molecule has 0 radical (unpaired) electrons. The molecule has 0 amide bonds. The fourth-order valence-electron chi connectivity index (χ4n) is 3.85. The lowest BCUT2D eigenvalue weighted by Crippen LogP contribution is -2.51. The average Bonchev–Trinajstić information content (AvgIpc) is 2.49. The van der Waals surface area contributed by atoms with Crippen molar-refractivity contribution in [3.63, 3.8) is 0 Å². The third-order valence-corrected chi connectivity index (χ3v) is 5.31. The molecule has 3 rings (SSSR count). The Hall–Kier alpha value is -1.77. The standard InChI is InChI=1S/C18H20O3/c1-18-10-9-13(14(17(18)21)7-8-16(18)20)11-15(19)12-5-3-2-4-6-12/h2-6,13-14H,7-11H2,1H3/t13-,14+,18+/m1/s1. The molecule has 0 spiro atoms. The van der Waals surface area contributed by atoms with E-state index in [0.29, 0.717) is 31.2 Å². The van der Waals surface area contributed by atoms with E-state index in [9.17, 15) is 14.4 Å². The lowest BCUT2D eigenvalue weighted by Gasteiger charge is -2.44. The van der Waals surface area contributed by atoms with E-state index in [4.69, 9.17) is 0 Å². The summed E-state index contributed by atoms with van der Waals surface area (Å²) in [6.45, 7) is 1.79. The van der Waals surface area contributed by atoms with Gasteiger partial charge in [-0.05, 0) is 32.1 Å². The molecular formula is C18H20O3. The second-order valence-corrected chi connectivity index (χ2v) is 6.56. The molecule has 21 heavy (non-hydrogen) atoms. The highest BCUT2D eigenvalue weighted by atomic mass is 16.2. The number of hydrogen-bond donors (Lipinski definition) is 0. The van der Waals surface area contributed by atoms with E-state index < -0.39 is 5.41 Å². The largest absolute Gasteiger partial charge is 0.299 e. The zero-order valence-electron chi connectivity index (χ0n) is 12.3. The average molecular weight is 284 g/mol. The number of carbonyl (C=O) groups excluding carboxylic acids is 3. The Morgan fingerprint density at radius 2 is 1.90 bits per heavy atom. The Kier molecular flexibility index (Phi) is 3.52.